The standard InChI is InChI=1S/C11H14IN3S/c1-14(2)5-6-15-10-4-3-8(12)7-9(10)13-11(15)16/h3-4,7H,5-6H2,1-2H3,(H,13,16). The van der Waals surface area contributed by atoms with Crippen molar-refractivity contribution in [1.82, 2.24) is 14.5 Å². The van der Waals surface area contributed by atoms with Gasteiger partial charge in [0.05, 0.1) is 11.0 Å². The number of aromatic amines is 1. The van der Waals surface area contributed by atoms with Crippen molar-refractivity contribution in [2.75, 3.05) is 20.6 Å². The zero-order chi connectivity index (χ0) is 11.7. The van der Waals surface area contributed by atoms with Gasteiger partial charge in [-0.05, 0) is 67.1 Å². The van der Waals surface area contributed by atoms with E-state index in [-0.39, 0.29) is 0 Å². The first-order valence-corrected chi connectivity index (χ1v) is 6.59. The van der Waals surface area contributed by atoms with Crippen LogP contribution in [0.15, 0.2) is 18.2 Å². The Kier molecular flexibility index (Phi) is 3.66. The number of rotatable bonds is 3. The molecule has 0 atom stereocenters. The Morgan fingerprint density at radius 2 is 2.19 bits per heavy atom. The number of nitrogens with zero attached hydrogens (tertiary/aromatic N) is 2. The molecule has 0 amide bonds. The predicted octanol–water partition coefficient (Wildman–Crippen LogP) is 2.87. The van der Waals surface area contributed by atoms with Crippen LogP contribution in [0, 0.1) is 8.34 Å². The number of benzene rings is 1. The second-order valence-electron chi connectivity index (χ2n) is 4.05. The summed E-state index contributed by atoms with van der Waals surface area (Å²) >= 11 is 7.64. The number of hydrogen-bond donors (Lipinski definition) is 1. The minimum absolute atomic E-state index is 0.804. The van der Waals surface area contributed by atoms with Crippen molar-refractivity contribution in [3.05, 3.63) is 26.5 Å². The van der Waals surface area contributed by atoms with Crippen molar-refractivity contribution in [3.63, 3.8) is 0 Å². The fourth-order valence-electron chi connectivity index (χ4n) is 1.66. The number of imidazole rings is 1. The van der Waals surface area contributed by atoms with Crippen molar-refractivity contribution >= 4 is 45.8 Å². The number of halogens is 1. The van der Waals surface area contributed by atoms with Crippen LogP contribution in [0.25, 0.3) is 11.0 Å². The molecule has 0 radical (unpaired) electrons. The molecule has 0 bridgehead atoms. The molecule has 1 heterocycles. The van der Waals surface area contributed by atoms with Crippen molar-refractivity contribution in [1.29, 1.82) is 0 Å². The summed E-state index contributed by atoms with van der Waals surface area (Å²) in [7, 11) is 4.14. The monoisotopic (exact) mass is 347 g/mol. The van der Waals surface area contributed by atoms with Gasteiger partial charge in [0.25, 0.3) is 0 Å². The van der Waals surface area contributed by atoms with E-state index < -0.39 is 0 Å². The van der Waals surface area contributed by atoms with Gasteiger partial charge in [-0.1, -0.05) is 0 Å². The third-order valence-corrected chi connectivity index (χ3v) is 3.50. The number of fused-ring (bicyclic) bond motifs is 1. The molecule has 5 heteroatoms. The Labute approximate surface area is 114 Å². The molecular weight excluding hydrogens is 333 g/mol. The van der Waals surface area contributed by atoms with E-state index in [1.54, 1.807) is 0 Å². The molecule has 0 saturated heterocycles. The Morgan fingerprint density at radius 1 is 1.44 bits per heavy atom. The number of hydrogen-bond acceptors (Lipinski definition) is 2. The largest absolute Gasteiger partial charge is 0.331 e. The molecule has 2 rings (SSSR count). The normalized spacial score (nSPS) is 11.5. The SMILES string of the molecule is CN(C)CCn1c(=S)[nH]c2cc(I)ccc21. The van der Waals surface area contributed by atoms with E-state index in [2.05, 4.69) is 69.3 Å². The van der Waals surface area contributed by atoms with Crippen LogP contribution in [0.3, 0.4) is 0 Å². The van der Waals surface area contributed by atoms with Crippen LogP contribution in [0.5, 0.6) is 0 Å². The van der Waals surface area contributed by atoms with Gasteiger partial charge in [-0.2, -0.15) is 0 Å². The van der Waals surface area contributed by atoms with Crippen molar-refractivity contribution in [3.8, 4) is 0 Å². The zero-order valence-electron chi connectivity index (χ0n) is 9.33. The van der Waals surface area contributed by atoms with Crippen LogP contribution in [-0.2, 0) is 6.54 Å². The van der Waals surface area contributed by atoms with Gasteiger partial charge >= 0.3 is 0 Å². The summed E-state index contributed by atoms with van der Waals surface area (Å²) in [6.45, 7) is 1.92. The van der Waals surface area contributed by atoms with Gasteiger partial charge < -0.3 is 14.5 Å². The molecule has 1 aromatic carbocycles. The van der Waals surface area contributed by atoms with Crippen molar-refractivity contribution in [2.24, 2.45) is 0 Å². The van der Waals surface area contributed by atoms with E-state index >= 15 is 0 Å². The minimum Gasteiger partial charge on any atom is -0.331 e. The Hall–Kier alpha value is -0.400. The summed E-state index contributed by atoms with van der Waals surface area (Å²) < 4.78 is 4.18. The molecule has 0 aliphatic heterocycles. The lowest BCUT2D eigenvalue weighted by Crippen LogP contribution is -2.18. The van der Waals surface area contributed by atoms with Gasteiger partial charge in [-0.25, -0.2) is 0 Å². The number of nitrogens with one attached hydrogen (secondary N) is 1. The van der Waals surface area contributed by atoms with E-state index in [0.29, 0.717) is 0 Å². The lowest BCUT2D eigenvalue weighted by molar-refractivity contribution is 0.385. The summed E-state index contributed by atoms with van der Waals surface area (Å²) in [5.41, 5.74) is 2.31. The van der Waals surface area contributed by atoms with Crippen LogP contribution in [0.2, 0.25) is 0 Å². The van der Waals surface area contributed by atoms with E-state index in [4.69, 9.17) is 12.2 Å². The summed E-state index contributed by atoms with van der Waals surface area (Å²) in [6.07, 6.45) is 0. The summed E-state index contributed by atoms with van der Waals surface area (Å²) in [5.74, 6) is 0. The molecule has 0 aliphatic rings. The van der Waals surface area contributed by atoms with E-state index in [1.807, 2.05) is 0 Å². The van der Waals surface area contributed by atoms with E-state index in [9.17, 15) is 0 Å². The third-order valence-electron chi connectivity index (χ3n) is 2.51. The van der Waals surface area contributed by atoms with Gasteiger partial charge in [0.1, 0.15) is 0 Å². The van der Waals surface area contributed by atoms with E-state index in [0.717, 1.165) is 23.4 Å². The summed E-state index contributed by atoms with van der Waals surface area (Å²) in [5, 5.41) is 0. The van der Waals surface area contributed by atoms with Gasteiger partial charge in [-0.15, -0.1) is 0 Å². The number of aromatic nitrogens is 2. The van der Waals surface area contributed by atoms with Crippen LogP contribution >= 0.6 is 34.8 Å². The van der Waals surface area contributed by atoms with Crippen molar-refractivity contribution < 1.29 is 0 Å². The van der Waals surface area contributed by atoms with Gasteiger partial charge in [-0.3, -0.25) is 0 Å². The zero-order valence-corrected chi connectivity index (χ0v) is 12.3. The Bertz CT molecular complexity index is 556. The molecule has 16 heavy (non-hydrogen) atoms. The maximum absolute atomic E-state index is 5.33. The highest BCUT2D eigenvalue weighted by atomic mass is 127. The molecular formula is C11H14IN3S. The van der Waals surface area contributed by atoms with Gasteiger partial charge in [0, 0.05) is 16.7 Å². The topological polar surface area (TPSA) is 24.0 Å². The lowest BCUT2D eigenvalue weighted by Gasteiger charge is -2.10. The molecule has 86 valence electrons. The number of likely N-dealkylation sites (N-methyl/N-ethyl adjacent to an activating group) is 1. The lowest BCUT2D eigenvalue weighted by atomic mass is 10.3. The summed E-state index contributed by atoms with van der Waals surface area (Å²) in [6, 6.07) is 6.36. The Morgan fingerprint density at radius 3 is 2.88 bits per heavy atom. The predicted molar refractivity (Wildman–Crippen MR) is 78.4 cm³/mol. The number of H-pyrrole nitrogens is 1. The summed E-state index contributed by atoms with van der Waals surface area (Å²) in [4.78, 5) is 5.41. The highest BCUT2D eigenvalue weighted by Gasteiger charge is 2.04. The molecule has 1 aromatic heterocycles. The fraction of sp³-hybridized carbons (Fsp3) is 0.364. The highest BCUT2D eigenvalue weighted by molar-refractivity contribution is 14.1. The second kappa shape index (κ2) is 4.85. The quantitative estimate of drug-likeness (QED) is 0.682. The van der Waals surface area contributed by atoms with Crippen LogP contribution in [0.4, 0.5) is 0 Å². The molecule has 0 spiro atoms. The average Bonchev–Trinajstić information content (AvgIpc) is 2.50. The molecule has 0 saturated carbocycles. The third kappa shape index (κ3) is 2.46. The van der Waals surface area contributed by atoms with Crippen LogP contribution in [-0.4, -0.2) is 35.1 Å². The fourth-order valence-corrected chi connectivity index (χ4v) is 2.45. The van der Waals surface area contributed by atoms with Crippen molar-refractivity contribution in [2.45, 2.75) is 6.54 Å². The Balaban J connectivity index is 2.44. The first-order chi connectivity index (χ1) is 7.58. The molecule has 2 aromatic rings. The first-order valence-electron chi connectivity index (χ1n) is 5.11. The average molecular weight is 347 g/mol. The molecule has 0 aliphatic carbocycles. The molecule has 3 nitrogen and oxygen atoms in total. The molecule has 0 fully saturated rings. The highest BCUT2D eigenvalue weighted by Crippen LogP contribution is 2.17. The first kappa shape index (κ1) is 12.1. The van der Waals surface area contributed by atoms with Crippen LogP contribution in [0.1, 0.15) is 0 Å². The molecule has 1 N–H and O–H groups in total. The van der Waals surface area contributed by atoms with Gasteiger partial charge in [0.15, 0.2) is 4.77 Å². The molecule has 0 unspecified atom stereocenters. The second-order valence-corrected chi connectivity index (χ2v) is 5.68. The van der Waals surface area contributed by atoms with Gasteiger partial charge in [0.2, 0.25) is 0 Å². The smallest absolute Gasteiger partial charge is 0.178 e. The van der Waals surface area contributed by atoms with E-state index in [1.165, 1.54) is 9.09 Å². The van der Waals surface area contributed by atoms with Crippen LogP contribution < -0.4 is 0 Å². The maximum Gasteiger partial charge on any atom is 0.178 e. The maximum atomic E-state index is 5.33. The minimum atomic E-state index is 0.804.